The Morgan fingerprint density at radius 2 is 1.96 bits per heavy atom. The number of benzene rings is 1. The number of anilines is 1. The van der Waals surface area contributed by atoms with Crippen molar-refractivity contribution in [2.75, 3.05) is 25.0 Å². The molecule has 0 atom stereocenters. The maximum absolute atomic E-state index is 12.3. The van der Waals surface area contributed by atoms with Gasteiger partial charge in [0, 0.05) is 17.8 Å². The van der Waals surface area contributed by atoms with E-state index in [1.54, 1.807) is 41.2 Å². The van der Waals surface area contributed by atoms with E-state index in [-0.39, 0.29) is 23.6 Å². The second kappa shape index (κ2) is 8.39. The summed E-state index contributed by atoms with van der Waals surface area (Å²) in [6.07, 6.45) is 5.24. The number of nitrogens with zero attached hydrogens (tertiary/aromatic N) is 3. The molecule has 1 aliphatic heterocycles. The second-order valence-electron chi connectivity index (χ2n) is 6.10. The van der Waals surface area contributed by atoms with E-state index in [0.717, 1.165) is 25.9 Å². The first kappa shape index (κ1) is 17.8. The first-order chi connectivity index (χ1) is 12.7. The van der Waals surface area contributed by atoms with Gasteiger partial charge in [-0.1, -0.05) is 11.3 Å². The molecule has 8 heteroatoms. The SMILES string of the molecule is C=CCNC(=O)c1ccc(NC(=O)c2cn(C3CCNCC3)nn2)cc1. The number of carbonyl (C=O) groups excluding carboxylic acids is 2. The van der Waals surface area contributed by atoms with Crippen molar-refractivity contribution < 1.29 is 9.59 Å². The number of amides is 2. The molecule has 0 spiro atoms. The Morgan fingerprint density at radius 1 is 1.23 bits per heavy atom. The molecule has 3 N–H and O–H groups in total. The lowest BCUT2D eigenvalue weighted by Gasteiger charge is -2.22. The van der Waals surface area contributed by atoms with Gasteiger partial charge < -0.3 is 16.0 Å². The summed E-state index contributed by atoms with van der Waals surface area (Å²) in [5.41, 5.74) is 1.38. The van der Waals surface area contributed by atoms with E-state index in [1.165, 1.54) is 0 Å². The van der Waals surface area contributed by atoms with Crippen molar-refractivity contribution in [1.29, 1.82) is 0 Å². The van der Waals surface area contributed by atoms with Gasteiger partial charge in [-0.15, -0.1) is 11.7 Å². The van der Waals surface area contributed by atoms with Crippen LogP contribution < -0.4 is 16.0 Å². The van der Waals surface area contributed by atoms with Crippen LogP contribution >= 0.6 is 0 Å². The van der Waals surface area contributed by atoms with Gasteiger partial charge in [0.15, 0.2) is 5.69 Å². The summed E-state index contributed by atoms with van der Waals surface area (Å²) in [5.74, 6) is -0.512. The van der Waals surface area contributed by atoms with E-state index in [0.29, 0.717) is 17.8 Å². The zero-order chi connectivity index (χ0) is 18.4. The van der Waals surface area contributed by atoms with Crippen LogP contribution in [0.15, 0.2) is 43.1 Å². The van der Waals surface area contributed by atoms with Crippen LogP contribution in [0.2, 0.25) is 0 Å². The minimum atomic E-state index is -0.325. The van der Waals surface area contributed by atoms with Gasteiger partial charge >= 0.3 is 0 Å². The standard InChI is InChI=1S/C18H22N6O2/c1-2-9-20-17(25)13-3-5-14(6-4-13)21-18(26)16-12-24(23-22-16)15-7-10-19-11-8-15/h2-6,12,15,19H,1,7-11H2,(H,20,25)(H,21,26). The van der Waals surface area contributed by atoms with Crippen LogP contribution in [0.5, 0.6) is 0 Å². The molecule has 26 heavy (non-hydrogen) atoms. The number of rotatable bonds is 6. The monoisotopic (exact) mass is 354 g/mol. The molecule has 0 saturated carbocycles. The van der Waals surface area contributed by atoms with Crippen LogP contribution in [0, 0.1) is 0 Å². The summed E-state index contributed by atoms with van der Waals surface area (Å²) >= 11 is 0. The number of nitrogens with one attached hydrogen (secondary N) is 3. The molecule has 2 heterocycles. The van der Waals surface area contributed by atoms with Crippen LogP contribution in [0.1, 0.15) is 39.7 Å². The third-order valence-corrected chi connectivity index (χ3v) is 4.24. The van der Waals surface area contributed by atoms with Crippen LogP contribution in [0.3, 0.4) is 0 Å². The van der Waals surface area contributed by atoms with Crippen molar-refractivity contribution in [2.45, 2.75) is 18.9 Å². The smallest absolute Gasteiger partial charge is 0.277 e. The third kappa shape index (κ3) is 4.34. The molecule has 1 aromatic heterocycles. The number of piperidine rings is 1. The molecule has 8 nitrogen and oxygen atoms in total. The van der Waals surface area contributed by atoms with E-state index < -0.39 is 0 Å². The van der Waals surface area contributed by atoms with Gasteiger partial charge in [-0.05, 0) is 50.2 Å². The molecule has 0 unspecified atom stereocenters. The second-order valence-corrected chi connectivity index (χ2v) is 6.10. The van der Waals surface area contributed by atoms with E-state index in [4.69, 9.17) is 0 Å². The summed E-state index contributed by atoms with van der Waals surface area (Å²) < 4.78 is 1.77. The van der Waals surface area contributed by atoms with Crippen molar-refractivity contribution in [3.05, 3.63) is 54.4 Å². The molecule has 2 amide bonds. The molecule has 1 saturated heterocycles. The molecule has 136 valence electrons. The lowest BCUT2D eigenvalue weighted by atomic mass is 10.1. The fourth-order valence-electron chi connectivity index (χ4n) is 2.80. The average Bonchev–Trinajstić information content (AvgIpc) is 3.18. The molecular formula is C18H22N6O2. The fraction of sp³-hybridized carbons (Fsp3) is 0.333. The van der Waals surface area contributed by atoms with E-state index in [9.17, 15) is 9.59 Å². The van der Waals surface area contributed by atoms with Crippen LogP contribution in [-0.4, -0.2) is 46.4 Å². The van der Waals surface area contributed by atoms with E-state index >= 15 is 0 Å². The highest BCUT2D eigenvalue weighted by Crippen LogP contribution is 2.17. The van der Waals surface area contributed by atoms with Crippen molar-refractivity contribution in [3.63, 3.8) is 0 Å². The maximum Gasteiger partial charge on any atom is 0.277 e. The molecule has 0 radical (unpaired) electrons. The van der Waals surface area contributed by atoms with Crippen molar-refractivity contribution in [1.82, 2.24) is 25.6 Å². The highest BCUT2D eigenvalue weighted by molar-refractivity contribution is 6.03. The van der Waals surface area contributed by atoms with Crippen molar-refractivity contribution >= 4 is 17.5 Å². The summed E-state index contributed by atoms with van der Waals surface area (Å²) in [7, 11) is 0. The summed E-state index contributed by atoms with van der Waals surface area (Å²) in [6, 6.07) is 6.94. The Labute approximate surface area is 151 Å². The van der Waals surface area contributed by atoms with Gasteiger partial charge in [0.25, 0.3) is 11.8 Å². The highest BCUT2D eigenvalue weighted by Gasteiger charge is 2.18. The zero-order valence-electron chi connectivity index (χ0n) is 14.4. The molecule has 0 aliphatic carbocycles. The molecule has 0 bridgehead atoms. The quantitative estimate of drug-likeness (QED) is 0.680. The van der Waals surface area contributed by atoms with Gasteiger partial charge in [0.2, 0.25) is 0 Å². The Balaban J connectivity index is 1.60. The minimum Gasteiger partial charge on any atom is -0.349 e. The molecule has 1 fully saturated rings. The normalized spacial score (nSPS) is 14.6. The molecule has 2 aromatic rings. The third-order valence-electron chi connectivity index (χ3n) is 4.24. The lowest BCUT2D eigenvalue weighted by Crippen LogP contribution is -2.29. The number of aromatic nitrogens is 3. The van der Waals surface area contributed by atoms with Gasteiger partial charge in [-0.3, -0.25) is 9.59 Å². The Hall–Kier alpha value is -3.00. The van der Waals surface area contributed by atoms with Gasteiger partial charge in [-0.2, -0.15) is 0 Å². The predicted octanol–water partition coefficient (Wildman–Crippen LogP) is 1.37. The van der Waals surface area contributed by atoms with Crippen LogP contribution in [0.4, 0.5) is 5.69 Å². The number of carbonyl (C=O) groups is 2. The minimum absolute atomic E-state index is 0.187. The summed E-state index contributed by atoms with van der Waals surface area (Å²) in [5, 5.41) is 16.8. The first-order valence-electron chi connectivity index (χ1n) is 8.60. The largest absolute Gasteiger partial charge is 0.349 e. The molecular weight excluding hydrogens is 332 g/mol. The summed E-state index contributed by atoms with van der Waals surface area (Å²) in [4.78, 5) is 24.2. The topological polar surface area (TPSA) is 101 Å². The fourth-order valence-corrected chi connectivity index (χ4v) is 2.80. The van der Waals surface area contributed by atoms with Crippen LogP contribution in [-0.2, 0) is 0 Å². The zero-order valence-corrected chi connectivity index (χ0v) is 14.4. The maximum atomic E-state index is 12.3. The highest BCUT2D eigenvalue weighted by atomic mass is 16.2. The average molecular weight is 354 g/mol. The first-order valence-corrected chi connectivity index (χ1v) is 8.60. The molecule has 3 rings (SSSR count). The molecule has 1 aromatic carbocycles. The lowest BCUT2D eigenvalue weighted by molar-refractivity contribution is 0.0957. The van der Waals surface area contributed by atoms with Crippen LogP contribution in [0.25, 0.3) is 0 Å². The van der Waals surface area contributed by atoms with E-state index in [2.05, 4.69) is 32.8 Å². The van der Waals surface area contributed by atoms with Gasteiger partial charge in [-0.25, -0.2) is 4.68 Å². The Kier molecular flexibility index (Phi) is 5.75. The van der Waals surface area contributed by atoms with Gasteiger partial charge in [0.1, 0.15) is 0 Å². The predicted molar refractivity (Wildman–Crippen MR) is 98.1 cm³/mol. The Bertz CT molecular complexity index is 777. The Morgan fingerprint density at radius 3 is 2.65 bits per heavy atom. The van der Waals surface area contributed by atoms with Gasteiger partial charge in [0.05, 0.1) is 12.2 Å². The van der Waals surface area contributed by atoms with Crippen molar-refractivity contribution in [2.24, 2.45) is 0 Å². The number of hydrogen-bond donors (Lipinski definition) is 3. The number of hydrogen-bond acceptors (Lipinski definition) is 5. The van der Waals surface area contributed by atoms with Crippen molar-refractivity contribution in [3.8, 4) is 0 Å². The van der Waals surface area contributed by atoms with E-state index in [1.807, 2.05) is 0 Å². The molecule has 1 aliphatic rings. The summed E-state index contributed by atoms with van der Waals surface area (Å²) in [6.45, 7) is 5.85.